The van der Waals surface area contributed by atoms with E-state index in [1.54, 1.807) is 6.08 Å². The van der Waals surface area contributed by atoms with Gasteiger partial charge in [0.05, 0.1) is 19.8 Å². The SMILES string of the molecule is C=CCOC1OC(=O)C=C1OC. The van der Waals surface area contributed by atoms with Gasteiger partial charge in [0.15, 0.2) is 5.76 Å². The first-order valence-electron chi connectivity index (χ1n) is 3.46. The number of carbonyl (C=O) groups is 1. The van der Waals surface area contributed by atoms with E-state index in [1.807, 2.05) is 0 Å². The molecule has 0 radical (unpaired) electrons. The van der Waals surface area contributed by atoms with Crippen LogP contribution < -0.4 is 0 Å². The van der Waals surface area contributed by atoms with Crippen molar-refractivity contribution in [3.63, 3.8) is 0 Å². The Kier molecular flexibility index (Phi) is 2.88. The third-order valence-electron chi connectivity index (χ3n) is 1.32. The van der Waals surface area contributed by atoms with Gasteiger partial charge >= 0.3 is 5.97 Å². The summed E-state index contributed by atoms with van der Waals surface area (Å²) < 4.78 is 14.7. The second-order valence-electron chi connectivity index (χ2n) is 2.14. The molecule has 1 rings (SSSR count). The van der Waals surface area contributed by atoms with Gasteiger partial charge in [0.1, 0.15) is 0 Å². The number of methoxy groups -OCH3 is 1. The van der Waals surface area contributed by atoms with Crippen molar-refractivity contribution in [3.8, 4) is 0 Å². The third-order valence-corrected chi connectivity index (χ3v) is 1.32. The van der Waals surface area contributed by atoms with Gasteiger partial charge in [-0.05, 0) is 0 Å². The summed E-state index contributed by atoms with van der Waals surface area (Å²) in [7, 11) is 1.46. The van der Waals surface area contributed by atoms with E-state index in [-0.39, 0.29) is 0 Å². The topological polar surface area (TPSA) is 44.8 Å². The van der Waals surface area contributed by atoms with Crippen LogP contribution in [-0.4, -0.2) is 26.0 Å². The average Bonchev–Trinajstić information content (AvgIpc) is 2.42. The minimum Gasteiger partial charge on any atom is -0.494 e. The van der Waals surface area contributed by atoms with E-state index in [0.29, 0.717) is 12.4 Å². The van der Waals surface area contributed by atoms with Crippen molar-refractivity contribution < 1.29 is 19.0 Å². The van der Waals surface area contributed by atoms with Crippen LogP contribution in [0.4, 0.5) is 0 Å². The Balaban J connectivity index is 2.50. The average molecular weight is 170 g/mol. The summed E-state index contributed by atoms with van der Waals surface area (Å²) in [6.45, 7) is 3.78. The summed E-state index contributed by atoms with van der Waals surface area (Å²) in [4.78, 5) is 10.7. The zero-order valence-electron chi connectivity index (χ0n) is 6.78. The van der Waals surface area contributed by atoms with Crippen LogP contribution >= 0.6 is 0 Å². The van der Waals surface area contributed by atoms with Gasteiger partial charge in [-0.2, -0.15) is 0 Å². The second kappa shape index (κ2) is 3.92. The first-order chi connectivity index (χ1) is 5.77. The molecule has 0 aromatic carbocycles. The predicted octanol–water partition coefficient (Wildman–Crippen LogP) is 0.602. The predicted molar refractivity (Wildman–Crippen MR) is 41.1 cm³/mol. The molecule has 0 N–H and O–H groups in total. The summed E-state index contributed by atoms with van der Waals surface area (Å²) in [6.07, 6.45) is 2.12. The molecule has 0 aromatic heterocycles. The monoisotopic (exact) mass is 170 g/mol. The van der Waals surface area contributed by atoms with E-state index in [2.05, 4.69) is 6.58 Å². The number of hydrogen-bond donors (Lipinski definition) is 0. The van der Waals surface area contributed by atoms with E-state index in [1.165, 1.54) is 13.2 Å². The van der Waals surface area contributed by atoms with E-state index in [9.17, 15) is 4.79 Å². The molecule has 0 amide bonds. The second-order valence-corrected chi connectivity index (χ2v) is 2.14. The van der Waals surface area contributed by atoms with Crippen LogP contribution in [0.25, 0.3) is 0 Å². The van der Waals surface area contributed by atoms with E-state index >= 15 is 0 Å². The molecular formula is C8H10O4. The minimum absolute atomic E-state index is 0.318. The number of rotatable bonds is 4. The molecule has 1 heterocycles. The number of cyclic esters (lactones) is 1. The van der Waals surface area contributed by atoms with Crippen LogP contribution in [0.1, 0.15) is 0 Å². The molecule has 0 spiro atoms. The zero-order valence-corrected chi connectivity index (χ0v) is 6.78. The van der Waals surface area contributed by atoms with Crippen molar-refractivity contribution >= 4 is 5.97 Å². The quantitative estimate of drug-likeness (QED) is 0.458. The number of ether oxygens (including phenoxy) is 3. The number of carbonyl (C=O) groups excluding carboxylic acids is 1. The normalized spacial score (nSPS) is 21.6. The highest BCUT2D eigenvalue weighted by atomic mass is 16.7. The smallest absolute Gasteiger partial charge is 0.337 e. The van der Waals surface area contributed by atoms with Gasteiger partial charge in [-0.25, -0.2) is 4.79 Å². The molecule has 4 heteroatoms. The Morgan fingerprint density at radius 3 is 3.17 bits per heavy atom. The lowest BCUT2D eigenvalue weighted by Gasteiger charge is -2.11. The fourth-order valence-corrected chi connectivity index (χ4v) is 0.809. The maximum Gasteiger partial charge on any atom is 0.337 e. The lowest BCUT2D eigenvalue weighted by molar-refractivity contribution is -0.161. The molecule has 1 unspecified atom stereocenters. The highest BCUT2D eigenvalue weighted by Gasteiger charge is 2.27. The summed E-state index contributed by atoms with van der Waals surface area (Å²) in [5.74, 6) is -0.0530. The van der Waals surface area contributed by atoms with E-state index in [0.717, 1.165) is 0 Å². The molecule has 66 valence electrons. The van der Waals surface area contributed by atoms with E-state index < -0.39 is 12.3 Å². The maximum atomic E-state index is 10.7. The first-order valence-corrected chi connectivity index (χ1v) is 3.46. The Labute approximate surface area is 70.4 Å². The summed E-state index contributed by atoms with van der Waals surface area (Å²) >= 11 is 0. The summed E-state index contributed by atoms with van der Waals surface area (Å²) in [5, 5.41) is 0. The van der Waals surface area contributed by atoms with Crippen LogP contribution in [0, 0.1) is 0 Å². The van der Waals surface area contributed by atoms with E-state index in [4.69, 9.17) is 14.2 Å². The molecule has 1 aliphatic rings. The van der Waals surface area contributed by atoms with Gasteiger partial charge in [-0.1, -0.05) is 6.08 Å². The lowest BCUT2D eigenvalue weighted by Crippen LogP contribution is -2.17. The van der Waals surface area contributed by atoms with Crippen LogP contribution in [0.5, 0.6) is 0 Å². The number of esters is 1. The highest BCUT2D eigenvalue weighted by molar-refractivity contribution is 5.85. The Morgan fingerprint density at radius 2 is 2.58 bits per heavy atom. The third kappa shape index (κ3) is 1.85. The van der Waals surface area contributed by atoms with Crippen molar-refractivity contribution in [1.82, 2.24) is 0 Å². The molecule has 0 aliphatic carbocycles. The van der Waals surface area contributed by atoms with Gasteiger partial charge in [-0.15, -0.1) is 6.58 Å². The molecule has 0 saturated heterocycles. The van der Waals surface area contributed by atoms with Crippen LogP contribution in [0.2, 0.25) is 0 Å². The molecule has 1 aliphatic heterocycles. The van der Waals surface area contributed by atoms with Gasteiger partial charge in [-0.3, -0.25) is 0 Å². The van der Waals surface area contributed by atoms with Crippen molar-refractivity contribution in [1.29, 1.82) is 0 Å². The highest BCUT2D eigenvalue weighted by Crippen LogP contribution is 2.16. The minimum atomic E-state index is -0.708. The van der Waals surface area contributed by atoms with Gasteiger partial charge in [0, 0.05) is 0 Å². The molecule has 0 bridgehead atoms. The van der Waals surface area contributed by atoms with Crippen molar-refractivity contribution in [3.05, 3.63) is 24.5 Å². The Morgan fingerprint density at radius 1 is 1.83 bits per heavy atom. The summed E-state index contributed by atoms with van der Waals surface area (Å²) in [6, 6.07) is 0. The largest absolute Gasteiger partial charge is 0.494 e. The van der Waals surface area contributed by atoms with Crippen LogP contribution in [0.15, 0.2) is 24.5 Å². The molecule has 0 fully saturated rings. The maximum absolute atomic E-state index is 10.7. The molecule has 0 aromatic rings. The van der Waals surface area contributed by atoms with Crippen molar-refractivity contribution in [2.24, 2.45) is 0 Å². The van der Waals surface area contributed by atoms with Crippen LogP contribution in [0.3, 0.4) is 0 Å². The Bertz CT molecular complexity index is 219. The first kappa shape index (κ1) is 8.80. The summed E-state index contributed by atoms with van der Waals surface area (Å²) in [5.41, 5.74) is 0. The fraction of sp³-hybridized carbons (Fsp3) is 0.375. The molecule has 1 atom stereocenters. The zero-order chi connectivity index (χ0) is 8.97. The fourth-order valence-electron chi connectivity index (χ4n) is 0.809. The standard InChI is InChI=1S/C8H10O4/c1-3-4-11-8-6(10-2)5-7(9)12-8/h3,5,8H,1,4H2,2H3. The van der Waals surface area contributed by atoms with Crippen molar-refractivity contribution in [2.75, 3.05) is 13.7 Å². The van der Waals surface area contributed by atoms with Gasteiger partial charge < -0.3 is 14.2 Å². The molecular weight excluding hydrogens is 160 g/mol. The molecule has 0 saturated carbocycles. The number of hydrogen-bond acceptors (Lipinski definition) is 4. The van der Waals surface area contributed by atoms with Crippen LogP contribution in [-0.2, 0) is 19.0 Å². The lowest BCUT2D eigenvalue weighted by atomic mass is 10.5. The van der Waals surface area contributed by atoms with Gasteiger partial charge in [0.25, 0.3) is 6.29 Å². The van der Waals surface area contributed by atoms with Crippen molar-refractivity contribution in [2.45, 2.75) is 6.29 Å². The van der Waals surface area contributed by atoms with Gasteiger partial charge in [0.2, 0.25) is 0 Å². The Hall–Kier alpha value is -1.29. The molecule has 4 nitrogen and oxygen atoms in total. The molecule has 12 heavy (non-hydrogen) atoms.